The Morgan fingerprint density at radius 1 is 1.25 bits per heavy atom. The summed E-state index contributed by atoms with van der Waals surface area (Å²) in [6, 6.07) is 6.31. The van der Waals surface area contributed by atoms with Crippen molar-refractivity contribution in [3.05, 3.63) is 35.6 Å². The molecular weight excluding hydrogens is 327 g/mol. The van der Waals surface area contributed by atoms with E-state index < -0.39 is 5.41 Å². The van der Waals surface area contributed by atoms with Crippen molar-refractivity contribution in [1.29, 1.82) is 0 Å². The number of rotatable bonds is 4. The predicted molar refractivity (Wildman–Crippen MR) is 93.1 cm³/mol. The highest BCUT2D eigenvalue weighted by Gasteiger charge is 2.49. The molecule has 0 radical (unpaired) electrons. The molecule has 1 aromatic carbocycles. The van der Waals surface area contributed by atoms with Crippen LogP contribution in [0.2, 0.25) is 0 Å². The number of benzene rings is 1. The second kappa shape index (κ2) is 7.13. The van der Waals surface area contributed by atoms with Crippen LogP contribution >= 0.6 is 11.8 Å². The minimum Gasteiger partial charge on any atom is -0.341 e. The fourth-order valence-electron chi connectivity index (χ4n) is 3.79. The SMILES string of the molecule is CSCC(=O)N1CC[C@@]2(CCCN(Cc3ccc(F)cc3)C2=O)C1. The van der Waals surface area contributed by atoms with Gasteiger partial charge in [0, 0.05) is 26.2 Å². The maximum Gasteiger partial charge on any atom is 0.232 e. The monoisotopic (exact) mass is 350 g/mol. The Morgan fingerprint density at radius 2 is 2.00 bits per heavy atom. The minimum absolute atomic E-state index is 0.128. The number of nitrogens with zero attached hydrogens (tertiary/aromatic N) is 2. The fourth-order valence-corrected chi connectivity index (χ4v) is 4.22. The van der Waals surface area contributed by atoms with Crippen molar-refractivity contribution in [1.82, 2.24) is 9.80 Å². The molecule has 4 nitrogen and oxygen atoms in total. The largest absolute Gasteiger partial charge is 0.341 e. The first-order valence-corrected chi connectivity index (χ1v) is 9.74. The maximum absolute atomic E-state index is 13.1. The number of likely N-dealkylation sites (tertiary alicyclic amines) is 2. The molecule has 130 valence electrons. The lowest BCUT2D eigenvalue weighted by Crippen LogP contribution is -2.50. The third kappa shape index (κ3) is 3.43. The Balaban J connectivity index is 1.69. The van der Waals surface area contributed by atoms with E-state index in [0.717, 1.165) is 31.4 Å². The summed E-state index contributed by atoms with van der Waals surface area (Å²) in [4.78, 5) is 28.9. The predicted octanol–water partition coefficient (Wildman–Crippen LogP) is 2.53. The first kappa shape index (κ1) is 17.3. The van der Waals surface area contributed by atoms with Gasteiger partial charge in [-0.05, 0) is 43.2 Å². The summed E-state index contributed by atoms with van der Waals surface area (Å²) >= 11 is 1.52. The lowest BCUT2D eigenvalue weighted by Gasteiger charge is -2.39. The van der Waals surface area contributed by atoms with Crippen molar-refractivity contribution in [2.45, 2.75) is 25.8 Å². The molecule has 0 bridgehead atoms. The van der Waals surface area contributed by atoms with Crippen molar-refractivity contribution in [2.75, 3.05) is 31.6 Å². The summed E-state index contributed by atoms with van der Waals surface area (Å²) in [5, 5.41) is 0. The van der Waals surface area contributed by atoms with Gasteiger partial charge in [-0.25, -0.2) is 4.39 Å². The number of carbonyl (C=O) groups is 2. The molecule has 2 heterocycles. The van der Waals surface area contributed by atoms with E-state index in [0.29, 0.717) is 25.4 Å². The van der Waals surface area contributed by atoms with E-state index in [9.17, 15) is 14.0 Å². The summed E-state index contributed by atoms with van der Waals surface area (Å²) < 4.78 is 13.0. The standard InChI is InChI=1S/C18H23FN2O2S/c1-24-12-16(22)21-10-8-18(13-21)7-2-9-20(17(18)23)11-14-3-5-15(19)6-4-14/h3-6H,2,7-13H2,1H3/t18-/m0/s1. The number of thioether (sulfide) groups is 1. The first-order chi connectivity index (χ1) is 11.5. The van der Waals surface area contributed by atoms with Crippen molar-refractivity contribution < 1.29 is 14.0 Å². The Labute approximate surface area is 146 Å². The number of hydrogen-bond donors (Lipinski definition) is 0. The molecule has 2 aliphatic heterocycles. The molecule has 24 heavy (non-hydrogen) atoms. The highest BCUT2D eigenvalue weighted by atomic mass is 32.2. The van der Waals surface area contributed by atoms with E-state index in [4.69, 9.17) is 0 Å². The normalized spacial score (nSPS) is 24.0. The second-order valence-corrected chi connectivity index (χ2v) is 7.60. The summed E-state index contributed by atoms with van der Waals surface area (Å²) in [7, 11) is 0. The molecule has 2 aliphatic rings. The summed E-state index contributed by atoms with van der Waals surface area (Å²) in [5.74, 6) is 0.489. The minimum atomic E-state index is -0.410. The highest BCUT2D eigenvalue weighted by Crippen LogP contribution is 2.40. The molecule has 3 rings (SSSR count). The number of piperidine rings is 1. The zero-order chi connectivity index (χ0) is 17.2. The molecule has 2 amide bonds. The van der Waals surface area contributed by atoms with Gasteiger partial charge in [-0.2, -0.15) is 11.8 Å². The van der Waals surface area contributed by atoms with Crippen molar-refractivity contribution >= 4 is 23.6 Å². The molecule has 0 aromatic heterocycles. The van der Waals surface area contributed by atoms with Gasteiger partial charge in [-0.1, -0.05) is 12.1 Å². The van der Waals surface area contributed by atoms with Crippen LogP contribution in [0, 0.1) is 11.2 Å². The summed E-state index contributed by atoms with van der Waals surface area (Å²) in [5.41, 5.74) is 0.530. The number of amides is 2. The third-order valence-corrected chi connectivity index (χ3v) is 5.62. The topological polar surface area (TPSA) is 40.6 Å². The van der Waals surface area contributed by atoms with Crippen molar-refractivity contribution in [3.8, 4) is 0 Å². The second-order valence-electron chi connectivity index (χ2n) is 6.74. The van der Waals surface area contributed by atoms with Gasteiger partial charge in [0.05, 0.1) is 11.2 Å². The number of carbonyl (C=O) groups excluding carboxylic acids is 2. The number of hydrogen-bond acceptors (Lipinski definition) is 3. The highest BCUT2D eigenvalue weighted by molar-refractivity contribution is 7.99. The Kier molecular flexibility index (Phi) is 5.13. The van der Waals surface area contributed by atoms with Gasteiger partial charge in [-0.3, -0.25) is 9.59 Å². The van der Waals surface area contributed by atoms with Gasteiger partial charge >= 0.3 is 0 Å². The lowest BCUT2D eigenvalue weighted by molar-refractivity contribution is -0.146. The lowest BCUT2D eigenvalue weighted by atomic mass is 9.78. The third-order valence-electron chi connectivity index (χ3n) is 5.09. The zero-order valence-electron chi connectivity index (χ0n) is 14.0. The van der Waals surface area contributed by atoms with Gasteiger partial charge in [0.25, 0.3) is 0 Å². The van der Waals surface area contributed by atoms with Gasteiger partial charge < -0.3 is 9.80 Å². The molecular formula is C18H23FN2O2S. The fraction of sp³-hybridized carbons (Fsp3) is 0.556. The Morgan fingerprint density at radius 3 is 2.71 bits per heavy atom. The van der Waals surface area contributed by atoms with E-state index in [-0.39, 0.29) is 17.6 Å². The van der Waals surface area contributed by atoms with Crippen LogP contribution in [-0.4, -0.2) is 53.3 Å². The van der Waals surface area contributed by atoms with Crippen LogP contribution in [0.3, 0.4) is 0 Å². The summed E-state index contributed by atoms with van der Waals surface area (Å²) in [6.07, 6.45) is 4.48. The van der Waals surface area contributed by atoms with E-state index >= 15 is 0 Å². The van der Waals surface area contributed by atoms with Crippen molar-refractivity contribution in [2.24, 2.45) is 5.41 Å². The van der Waals surface area contributed by atoms with Crippen LogP contribution in [0.15, 0.2) is 24.3 Å². The van der Waals surface area contributed by atoms with Crippen molar-refractivity contribution in [3.63, 3.8) is 0 Å². The average Bonchev–Trinajstić information content (AvgIpc) is 3.00. The smallest absolute Gasteiger partial charge is 0.232 e. The van der Waals surface area contributed by atoms with Crippen LogP contribution in [0.5, 0.6) is 0 Å². The molecule has 1 spiro atoms. The zero-order valence-corrected chi connectivity index (χ0v) is 14.8. The molecule has 0 N–H and O–H groups in total. The molecule has 6 heteroatoms. The average molecular weight is 350 g/mol. The molecule has 0 saturated carbocycles. The molecule has 1 aromatic rings. The van der Waals surface area contributed by atoms with Gasteiger partial charge in [0.2, 0.25) is 11.8 Å². The van der Waals surface area contributed by atoms with E-state index in [1.807, 2.05) is 16.1 Å². The Bertz CT molecular complexity index is 622. The van der Waals surface area contributed by atoms with Crippen LogP contribution in [0.4, 0.5) is 4.39 Å². The molecule has 2 saturated heterocycles. The summed E-state index contributed by atoms with van der Waals surface area (Å²) in [6.45, 7) is 2.47. The van der Waals surface area contributed by atoms with Gasteiger partial charge in [0.15, 0.2) is 0 Å². The van der Waals surface area contributed by atoms with Crippen LogP contribution < -0.4 is 0 Å². The molecule has 2 fully saturated rings. The van der Waals surface area contributed by atoms with Gasteiger partial charge in [-0.15, -0.1) is 0 Å². The van der Waals surface area contributed by atoms with E-state index in [2.05, 4.69) is 0 Å². The van der Waals surface area contributed by atoms with Crippen LogP contribution in [0.1, 0.15) is 24.8 Å². The first-order valence-electron chi connectivity index (χ1n) is 8.35. The van der Waals surface area contributed by atoms with E-state index in [1.165, 1.54) is 23.9 Å². The molecule has 1 atom stereocenters. The maximum atomic E-state index is 13.1. The molecule has 0 unspecified atom stereocenters. The van der Waals surface area contributed by atoms with Gasteiger partial charge in [0.1, 0.15) is 5.82 Å². The van der Waals surface area contributed by atoms with Crippen LogP contribution in [0.25, 0.3) is 0 Å². The Hall–Kier alpha value is -1.56. The van der Waals surface area contributed by atoms with Crippen LogP contribution in [-0.2, 0) is 16.1 Å². The van der Waals surface area contributed by atoms with E-state index in [1.54, 1.807) is 12.1 Å². The quantitative estimate of drug-likeness (QED) is 0.838. The number of halogens is 1. The molecule has 0 aliphatic carbocycles.